The van der Waals surface area contributed by atoms with E-state index in [4.69, 9.17) is 5.11 Å². The van der Waals surface area contributed by atoms with Gasteiger partial charge in [0.05, 0.1) is 33.7 Å². The van der Waals surface area contributed by atoms with Gasteiger partial charge in [0.15, 0.2) is 11.4 Å². The third-order valence-electron chi connectivity index (χ3n) is 3.11. The van der Waals surface area contributed by atoms with Crippen LogP contribution in [0.1, 0.15) is 39.0 Å². The first kappa shape index (κ1) is 19.0. The summed E-state index contributed by atoms with van der Waals surface area (Å²) in [6.07, 6.45) is 0.599. The number of carbonyl (C=O) groups is 2. The number of carboxylic acids is 1. The van der Waals surface area contributed by atoms with Crippen molar-refractivity contribution in [3.8, 4) is 0 Å². The molecular formula is C14H28NO5+. The lowest BCUT2D eigenvalue weighted by atomic mass is 9.89. The van der Waals surface area contributed by atoms with E-state index >= 15 is 0 Å². The van der Waals surface area contributed by atoms with Crippen LogP contribution in [0.25, 0.3) is 0 Å². The predicted molar refractivity (Wildman–Crippen MR) is 75.3 cm³/mol. The summed E-state index contributed by atoms with van der Waals surface area (Å²) in [4.78, 5) is 23.0. The molecule has 0 saturated heterocycles. The second-order valence-corrected chi connectivity index (χ2v) is 6.43. The molecule has 20 heavy (non-hydrogen) atoms. The van der Waals surface area contributed by atoms with Crippen LogP contribution < -0.4 is 0 Å². The maximum absolute atomic E-state index is 12.1. The highest BCUT2D eigenvalue weighted by Gasteiger charge is 2.42. The van der Waals surface area contributed by atoms with E-state index < -0.39 is 29.9 Å². The van der Waals surface area contributed by atoms with Gasteiger partial charge in [-0.2, -0.15) is 0 Å². The van der Waals surface area contributed by atoms with Crippen molar-refractivity contribution in [1.29, 1.82) is 0 Å². The average molecular weight is 290 g/mol. The van der Waals surface area contributed by atoms with Crippen molar-refractivity contribution in [1.82, 2.24) is 0 Å². The van der Waals surface area contributed by atoms with E-state index in [2.05, 4.69) is 0 Å². The van der Waals surface area contributed by atoms with Gasteiger partial charge in [0, 0.05) is 6.42 Å². The number of hydrogen-bond acceptors (Lipinski definition) is 4. The average Bonchev–Trinajstić information content (AvgIpc) is 2.24. The molecule has 2 unspecified atom stereocenters. The second kappa shape index (κ2) is 7.71. The number of carbonyl (C=O) groups excluding carboxylic acids is 1. The zero-order chi connectivity index (χ0) is 16.0. The summed E-state index contributed by atoms with van der Waals surface area (Å²) in [6, 6.07) is 0. The molecule has 0 spiro atoms. The van der Waals surface area contributed by atoms with Crippen molar-refractivity contribution < 1.29 is 29.4 Å². The normalized spacial score (nSPS) is 16.5. The van der Waals surface area contributed by atoms with Crippen LogP contribution in [-0.4, -0.2) is 70.9 Å². The first-order valence-electron chi connectivity index (χ1n) is 6.96. The van der Waals surface area contributed by atoms with Crippen LogP contribution in [0.4, 0.5) is 0 Å². The fraction of sp³-hybridized carbons (Fsp3) is 0.857. The minimum absolute atomic E-state index is 0.0501. The highest BCUT2D eigenvalue weighted by atomic mass is 16.4. The molecule has 0 aliphatic heterocycles. The van der Waals surface area contributed by atoms with Crippen molar-refractivity contribution in [2.45, 2.75) is 50.7 Å². The van der Waals surface area contributed by atoms with Gasteiger partial charge in [-0.05, 0) is 19.3 Å². The maximum atomic E-state index is 12.1. The molecule has 0 heterocycles. The minimum atomic E-state index is -1.85. The molecule has 0 amide bonds. The monoisotopic (exact) mass is 290 g/mol. The maximum Gasteiger partial charge on any atom is 0.306 e. The Morgan fingerprint density at radius 3 is 2.20 bits per heavy atom. The Balaban J connectivity index is 4.68. The van der Waals surface area contributed by atoms with Gasteiger partial charge in [0.2, 0.25) is 0 Å². The molecule has 2 atom stereocenters. The molecule has 0 aromatic rings. The van der Waals surface area contributed by atoms with Crippen LogP contribution in [-0.2, 0) is 9.59 Å². The Morgan fingerprint density at radius 1 is 1.25 bits per heavy atom. The van der Waals surface area contributed by atoms with Crippen LogP contribution >= 0.6 is 0 Å². The molecule has 0 rings (SSSR count). The Bertz CT molecular complexity index is 337. The number of rotatable bonds is 10. The Morgan fingerprint density at radius 2 is 1.80 bits per heavy atom. The number of ketones is 1. The van der Waals surface area contributed by atoms with Gasteiger partial charge in [-0.25, -0.2) is 0 Å². The lowest BCUT2D eigenvalue weighted by Gasteiger charge is -2.33. The van der Waals surface area contributed by atoms with Crippen LogP contribution in [0.15, 0.2) is 0 Å². The van der Waals surface area contributed by atoms with E-state index in [0.29, 0.717) is 23.7 Å². The molecule has 6 heteroatoms. The summed E-state index contributed by atoms with van der Waals surface area (Å²) in [5, 5.41) is 28.7. The number of carboxylic acid groups (broad SMARTS) is 1. The van der Waals surface area contributed by atoms with Crippen molar-refractivity contribution in [3.63, 3.8) is 0 Å². The molecular weight excluding hydrogens is 262 g/mol. The van der Waals surface area contributed by atoms with E-state index in [-0.39, 0.29) is 13.0 Å². The molecule has 0 aliphatic carbocycles. The van der Waals surface area contributed by atoms with Gasteiger partial charge in [-0.15, -0.1) is 0 Å². The fourth-order valence-electron chi connectivity index (χ4n) is 2.21. The third-order valence-corrected chi connectivity index (χ3v) is 3.11. The summed E-state index contributed by atoms with van der Waals surface area (Å²) < 4.78 is 0.299. The molecule has 0 saturated carbocycles. The van der Waals surface area contributed by atoms with Gasteiger partial charge in [-0.1, -0.05) is 6.92 Å². The van der Waals surface area contributed by atoms with E-state index in [1.165, 1.54) is 0 Å². The smallest absolute Gasteiger partial charge is 0.306 e. The van der Waals surface area contributed by atoms with E-state index in [9.17, 15) is 19.8 Å². The Labute approximate surface area is 120 Å². The Hall–Kier alpha value is -0.980. The fourth-order valence-corrected chi connectivity index (χ4v) is 2.21. The third kappa shape index (κ3) is 7.57. The molecule has 0 fully saturated rings. The highest BCUT2D eigenvalue weighted by molar-refractivity contribution is 5.90. The van der Waals surface area contributed by atoms with Crippen LogP contribution in [0, 0.1) is 0 Å². The first-order chi connectivity index (χ1) is 9.00. The molecule has 0 aliphatic rings. The molecule has 0 aromatic heterocycles. The lowest BCUT2D eigenvalue weighted by molar-refractivity contribution is -0.875. The van der Waals surface area contributed by atoms with Crippen LogP contribution in [0.2, 0.25) is 0 Å². The van der Waals surface area contributed by atoms with Crippen LogP contribution in [0.3, 0.4) is 0 Å². The highest BCUT2D eigenvalue weighted by Crippen LogP contribution is 2.19. The number of aliphatic hydroxyl groups is 2. The number of aliphatic hydroxyl groups excluding tert-OH is 1. The molecule has 6 nitrogen and oxygen atoms in total. The molecule has 3 N–H and O–H groups in total. The summed E-state index contributed by atoms with van der Waals surface area (Å²) in [5.74, 6) is -1.65. The van der Waals surface area contributed by atoms with Crippen molar-refractivity contribution in [2.24, 2.45) is 0 Å². The van der Waals surface area contributed by atoms with Gasteiger partial charge in [0.25, 0.3) is 0 Å². The topological polar surface area (TPSA) is 94.8 Å². The van der Waals surface area contributed by atoms with Crippen molar-refractivity contribution >= 4 is 11.8 Å². The SMILES string of the molecule is CCC(O)CCCC(=O)C(O)(CC(=O)O)C[N+](C)(C)C. The number of Topliss-reactive ketones (excluding diaryl/α,β-unsaturated/α-hetero) is 1. The van der Waals surface area contributed by atoms with E-state index in [1.54, 1.807) is 21.1 Å². The number of likely N-dealkylation sites (N-methyl/N-ethyl adjacent to an activating group) is 1. The number of nitrogens with zero attached hydrogens (tertiary/aromatic N) is 1. The molecule has 0 aromatic carbocycles. The zero-order valence-corrected chi connectivity index (χ0v) is 12.9. The second-order valence-electron chi connectivity index (χ2n) is 6.43. The first-order valence-corrected chi connectivity index (χ1v) is 6.96. The van der Waals surface area contributed by atoms with Crippen molar-refractivity contribution in [3.05, 3.63) is 0 Å². The molecule has 0 bridgehead atoms. The Kier molecular flexibility index (Phi) is 7.33. The lowest BCUT2D eigenvalue weighted by Crippen LogP contribution is -2.54. The molecule has 0 radical (unpaired) electrons. The summed E-state index contributed by atoms with van der Waals surface area (Å²) >= 11 is 0. The quantitative estimate of drug-likeness (QED) is 0.507. The van der Waals surface area contributed by atoms with Gasteiger partial charge in [0.1, 0.15) is 6.54 Å². The van der Waals surface area contributed by atoms with Gasteiger partial charge in [-0.3, -0.25) is 9.59 Å². The van der Waals surface area contributed by atoms with Crippen LogP contribution in [0.5, 0.6) is 0 Å². The number of quaternary nitrogens is 1. The largest absolute Gasteiger partial charge is 0.481 e. The van der Waals surface area contributed by atoms with E-state index in [0.717, 1.165) is 0 Å². The van der Waals surface area contributed by atoms with E-state index in [1.807, 2.05) is 6.92 Å². The standard InChI is InChI=1S/C14H27NO5/c1-5-11(16)7-6-8-12(17)14(20,9-13(18)19)10-15(2,3)4/h11,16,20H,5-10H2,1-4H3/p+1. The van der Waals surface area contributed by atoms with Crippen molar-refractivity contribution in [2.75, 3.05) is 27.7 Å². The summed E-state index contributed by atoms with van der Waals surface area (Å²) in [5.41, 5.74) is -1.85. The summed E-state index contributed by atoms with van der Waals surface area (Å²) in [6.45, 7) is 1.90. The van der Waals surface area contributed by atoms with Gasteiger partial charge < -0.3 is 19.8 Å². The van der Waals surface area contributed by atoms with Gasteiger partial charge >= 0.3 is 5.97 Å². The predicted octanol–water partition coefficient (Wildman–Crippen LogP) is 0.409. The summed E-state index contributed by atoms with van der Waals surface area (Å²) in [7, 11) is 5.38. The molecule has 118 valence electrons. The minimum Gasteiger partial charge on any atom is -0.481 e. The number of hydrogen-bond donors (Lipinski definition) is 3. The zero-order valence-electron chi connectivity index (χ0n) is 12.9. The number of aliphatic carboxylic acids is 1.